The fourth-order valence-electron chi connectivity index (χ4n) is 1.27. The van der Waals surface area contributed by atoms with Gasteiger partial charge >= 0.3 is 0 Å². The van der Waals surface area contributed by atoms with E-state index < -0.39 is 5.82 Å². The maximum absolute atomic E-state index is 13.1. The lowest BCUT2D eigenvalue weighted by Gasteiger charge is -1.89. The van der Waals surface area contributed by atoms with Crippen molar-refractivity contribution in [3.05, 3.63) is 35.8 Å². The van der Waals surface area contributed by atoms with E-state index in [4.69, 9.17) is 10.2 Å². The highest BCUT2D eigenvalue weighted by molar-refractivity contribution is 5.98. The molecule has 0 saturated carbocycles. The van der Waals surface area contributed by atoms with Crippen molar-refractivity contribution in [2.75, 3.05) is 6.54 Å². The third-order valence-electron chi connectivity index (χ3n) is 1.96. The van der Waals surface area contributed by atoms with Gasteiger partial charge in [0.2, 0.25) is 5.78 Å². The van der Waals surface area contributed by atoms with Gasteiger partial charge in [-0.05, 0) is 12.1 Å². The highest BCUT2D eigenvalue weighted by atomic mass is 19.1. The van der Waals surface area contributed by atoms with Crippen LogP contribution in [0.2, 0.25) is 0 Å². The van der Waals surface area contributed by atoms with E-state index in [-0.39, 0.29) is 23.7 Å². The normalized spacial score (nSPS) is 10.7. The zero-order valence-corrected chi connectivity index (χ0v) is 7.29. The van der Waals surface area contributed by atoms with Gasteiger partial charge in [0.25, 0.3) is 0 Å². The minimum atomic E-state index is -0.474. The molecule has 0 aliphatic rings. The molecule has 0 radical (unpaired) electrons. The lowest BCUT2D eigenvalue weighted by molar-refractivity contribution is 0.0977. The Morgan fingerprint density at radius 2 is 2.29 bits per heavy atom. The van der Waals surface area contributed by atoms with Gasteiger partial charge in [0.05, 0.1) is 6.54 Å². The summed E-state index contributed by atoms with van der Waals surface area (Å²) in [7, 11) is 0. The molecule has 1 aromatic heterocycles. The Morgan fingerprint density at radius 3 is 2.93 bits per heavy atom. The lowest BCUT2D eigenvalue weighted by Crippen LogP contribution is -2.12. The first-order chi connectivity index (χ1) is 6.72. The highest BCUT2D eigenvalue weighted by Gasteiger charge is 2.12. The number of Topliss-reactive ketones (excluding diaryl/α,β-unsaturated/α-hetero) is 1. The molecule has 1 heterocycles. The number of fused-ring (bicyclic) bond motifs is 1. The van der Waals surface area contributed by atoms with Crippen molar-refractivity contribution in [2.45, 2.75) is 0 Å². The quantitative estimate of drug-likeness (QED) is 0.738. The first-order valence-corrected chi connectivity index (χ1v) is 4.13. The summed E-state index contributed by atoms with van der Waals surface area (Å²) in [5.74, 6) is -0.702. The van der Waals surface area contributed by atoms with E-state index in [1.165, 1.54) is 12.1 Å². The third-order valence-corrected chi connectivity index (χ3v) is 1.96. The van der Waals surface area contributed by atoms with Crippen LogP contribution in [-0.4, -0.2) is 12.3 Å². The van der Waals surface area contributed by atoms with Crippen LogP contribution in [-0.2, 0) is 0 Å². The summed E-state index contributed by atoms with van der Waals surface area (Å²) < 4.78 is 18.2. The Morgan fingerprint density at radius 1 is 1.50 bits per heavy atom. The number of halogens is 1. The van der Waals surface area contributed by atoms with Gasteiger partial charge in [0, 0.05) is 5.39 Å². The molecule has 0 fully saturated rings. The Bertz CT molecular complexity index is 490. The molecular formula is C10H8FNO2. The second kappa shape index (κ2) is 3.23. The van der Waals surface area contributed by atoms with Gasteiger partial charge in [-0.15, -0.1) is 0 Å². The summed E-state index contributed by atoms with van der Waals surface area (Å²) in [6.45, 7) is -0.137. The van der Waals surface area contributed by atoms with Crippen LogP contribution in [0, 0.1) is 5.82 Å². The fraction of sp³-hybridized carbons (Fsp3) is 0.100. The minimum absolute atomic E-state index is 0.101. The molecule has 2 aromatic rings. The molecule has 3 nitrogen and oxygen atoms in total. The molecule has 0 bridgehead atoms. The van der Waals surface area contributed by atoms with Gasteiger partial charge in [-0.1, -0.05) is 12.1 Å². The summed E-state index contributed by atoms with van der Waals surface area (Å²) in [5, 5.41) is 0.571. The van der Waals surface area contributed by atoms with Crippen LogP contribution in [0.25, 0.3) is 11.0 Å². The Hall–Kier alpha value is -1.68. The van der Waals surface area contributed by atoms with Crippen LogP contribution in [0.15, 0.2) is 28.7 Å². The monoisotopic (exact) mass is 193 g/mol. The van der Waals surface area contributed by atoms with Crippen LogP contribution >= 0.6 is 0 Å². The van der Waals surface area contributed by atoms with Crippen molar-refractivity contribution in [1.29, 1.82) is 0 Å². The zero-order valence-electron chi connectivity index (χ0n) is 7.29. The van der Waals surface area contributed by atoms with Gasteiger partial charge in [-0.2, -0.15) is 0 Å². The van der Waals surface area contributed by atoms with Crippen molar-refractivity contribution in [3.63, 3.8) is 0 Å². The topological polar surface area (TPSA) is 56.2 Å². The summed E-state index contributed by atoms with van der Waals surface area (Å²) in [5.41, 5.74) is 5.26. The number of rotatable bonds is 2. The van der Waals surface area contributed by atoms with E-state index >= 15 is 0 Å². The number of hydrogen-bond acceptors (Lipinski definition) is 3. The maximum atomic E-state index is 13.1. The van der Waals surface area contributed by atoms with Crippen LogP contribution in [0.5, 0.6) is 0 Å². The molecule has 0 aliphatic carbocycles. The van der Waals surface area contributed by atoms with Crippen molar-refractivity contribution in [1.82, 2.24) is 0 Å². The van der Waals surface area contributed by atoms with E-state index in [1.54, 1.807) is 12.1 Å². The van der Waals surface area contributed by atoms with Crippen molar-refractivity contribution >= 4 is 16.8 Å². The van der Waals surface area contributed by atoms with Gasteiger partial charge in [-0.3, -0.25) is 4.79 Å². The molecule has 0 aliphatic heterocycles. The van der Waals surface area contributed by atoms with E-state index in [2.05, 4.69) is 0 Å². The van der Waals surface area contributed by atoms with Crippen LogP contribution in [0.1, 0.15) is 10.6 Å². The molecule has 0 atom stereocenters. The van der Waals surface area contributed by atoms with Gasteiger partial charge in [0.1, 0.15) is 0 Å². The Balaban J connectivity index is 2.62. The van der Waals surface area contributed by atoms with Crippen molar-refractivity contribution in [3.8, 4) is 0 Å². The van der Waals surface area contributed by atoms with Gasteiger partial charge in [0.15, 0.2) is 17.2 Å². The van der Waals surface area contributed by atoms with E-state index in [0.29, 0.717) is 5.39 Å². The number of carbonyl (C=O) groups is 1. The number of carbonyl (C=O) groups excluding carboxylic acids is 1. The smallest absolute Gasteiger partial charge is 0.211 e. The molecule has 0 unspecified atom stereocenters. The first kappa shape index (κ1) is 8.90. The largest absolute Gasteiger partial charge is 0.450 e. The number of para-hydroxylation sites is 1. The second-order valence-corrected chi connectivity index (χ2v) is 2.90. The maximum Gasteiger partial charge on any atom is 0.211 e. The summed E-state index contributed by atoms with van der Waals surface area (Å²) in [4.78, 5) is 11.2. The molecule has 1 aromatic carbocycles. The number of hydrogen-bond donors (Lipinski definition) is 1. The highest BCUT2D eigenvalue weighted by Crippen LogP contribution is 2.21. The molecule has 0 spiro atoms. The van der Waals surface area contributed by atoms with Gasteiger partial charge < -0.3 is 10.2 Å². The molecule has 14 heavy (non-hydrogen) atoms. The predicted octanol–water partition coefficient (Wildman–Crippen LogP) is 1.71. The zero-order chi connectivity index (χ0) is 10.1. The third kappa shape index (κ3) is 1.29. The van der Waals surface area contributed by atoms with E-state index in [9.17, 15) is 9.18 Å². The van der Waals surface area contributed by atoms with Crippen LogP contribution < -0.4 is 5.73 Å². The van der Waals surface area contributed by atoms with Crippen molar-refractivity contribution in [2.24, 2.45) is 5.73 Å². The second-order valence-electron chi connectivity index (χ2n) is 2.90. The summed E-state index contributed by atoms with van der Waals surface area (Å²) >= 11 is 0. The standard InChI is InChI=1S/C10H8FNO2/c11-7-3-1-2-6-4-9(8(13)5-12)14-10(6)7/h1-4H,5,12H2. The molecular weight excluding hydrogens is 185 g/mol. The first-order valence-electron chi connectivity index (χ1n) is 4.13. The average Bonchev–Trinajstić information content (AvgIpc) is 2.62. The number of furan rings is 1. The lowest BCUT2D eigenvalue weighted by atomic mass is 10.2. The number of ketones is 1. The minimum Gasteiger partial charge on any atom is -0.450 e. The molecule has 72 valence electrons. The Labute approximate surface area is 79.3 Å². The van der Waals surface area contributed by atoms with E-state index in [0.717, 1.165) is 0 Å². The molecule has 4 heteroatoms. The predicted molar refractivity (Wildman–Crippen MR) is 49.6 cm³/mol. The SMILES string of the molecule is NCC(=O)c1cc2cccc(F)c2o1. The molecule has 2 rings (SSSR count). The van der Waals surface area contributed by atoms with Gasteiger partial charge in [-0.25, -0.2) is 4.39 Å². The number of nitrogens with two attached hydrogens (primary N) is 1. The molecule has 2 N–H and O–H groups in total. The van der Waals surface area contributed by atoms with E-state index in [1.807, 2.05) is 0 Å². The summed E-state index contributed by atoms with van der Waals surface area (Å²) in [6.07, 6.45) is 0. The molecule has 0 amide bonds. The summed E-state index contributed by atoms with van der Waals surface area (Å²) in [6, 6.07) is 6.01. The average molecular weight is 193 g/mol. The fourth-order valence-corrected chi connectivity index (χ4v) is 1.27. The van der Waals surface area contributed by atoms with Crippen LogP contribution in [0.3, 0.4) is 0 Å². The Kier molecular flexibility index (Phi) is 2.05. The van der Waals surface area contributed by atoms with Crippen LogP contribution in [0.4, 0.5) is 4.39 Å². The number of benzene rings is 1. The molecule has 0 saturated heterocycles. The van der Waals surface area contributed by atoms with Crippen molar-refractivity contribution < 1.29 is 13.6 Å².